The molecule has 1 heterocycles. The maximum Gasteiger partial charge on any atom is 0.0394 e. The molecule has 2 atom stereocenters. The Kier molecular flexibility index (Phi) is 2.71. The van der Waals surface area contributed by atoms with Crippen LogP contribution in [0.2, 0.25) is 0 Å². The molecule has 1 nitrogen and oxygen atoms in total. The third-order valence-electron chi connectivity index (χ3n) is 5.17. The van der Waals surface area contributed by atoms with Crippen LogP contribution in [0.25, 0.3) is 11.1 Å². The van der Waals surface area contributed by atoms with Crippen LogP contribution in [0.15, 0.2) is 42.5 Å². The Morgan fingerprint density at radius 1 is 1.05 bits per heavy atom. The quantitative estimate of drug-likeness (QED) is 0.737. The molecule has 0 saturated heterocycles. The number of hydrogen-bond donors (Lipinski definition) is 0. The van der Waals surface area contributed by atoms with E-state index >= 15 is 0 Å². The Morgan fingerprint density at radius 2 is 1.85 bits per heavy atom. The lowest BCUT2D eigenvalue weighted by atomic mass is 9.74. The third kappa shape index (κ3) is 1.59. The van der Waals surface area contributed by atoms with Gasteiger partial charge in [0.05, 0.1) is 0 Å². The highest BCUT2D eigenvalue weighted by atomic mass is 15.1. The second-order valence-corrected chi connectivity index (χ2v) is 6.23. The summed E-state index contributed by atoms with van der Waals surface area (Å²) in [6.07, 6.45) is 2.39. The molecule has 4 rings (SSSR count). The van der Waals surface area contributed by atoms with Gasteiger partial charge >= 0.3 is 0 Å². The number of hydrogen-bond acceptors (Lipinski definition) is 1. The molecule has 1 heteroatoms. The van der Waals surface area contributed by atoms with Crippen molar-refractivity contribution >= 4 is 0 Å². The first-order chi connectivity index (χ1) is 9.79. The minimum Gasteiger partial charge on any atom is -0.298 e. The highest BCUT2D eigenvalue weighted by Crippen LogP contribution is 2.47. The van der Waals surface area contributed by atoms with E-state index in [-0.39, 0.29) is 0 Å². The Hall–Kier alpha value is -1.60. The van der Waals surface area contributed by atoms with Crippen LogP contribution in [0.5, 0.6) is 0 Å². The minimum absolute atomic E-state index is 0.568. The predicted molar refractivity (Wildman–Crippen MR) is 84.0 cm³/mol. The molecule has 0 bridgehead atoms. The monoisotopic (exact) mass is 263 g/mol. The van der Waals surface area contributed by atoms with E-state index in [0.717, 1.165) is 6.42 Å². The van der Waals surface area contributed by atoms with Crippen LogP contribution >= 0.6 is 0 Å². The van der Waals surface area contributed by atoms with Crippen molar-refractivity contribution in [3.63, 3.8) is 0 Å². The summed E-state index contributed by atoms with van der Waals surface area (Å²) >= 11 is 0. The smallest absolute Gasteiger partial charge is 0.0394 e. The highest BCUT2D eigenvalue weighted by molar-refractivity contribution is 5.75. The molecule has 0 N–H and O–H groups in total. The summed E-state index contributed by atoms with van der Waals surface area (Å²) in [5, 5.41) is 0. The molecule has 20 heavy (non-hydrogen) atoms. The third-order valence-corrected chi connectivity index (χ3v) is 5.17. The Bertz CT molecular complexity index is 659. The summed E-state index contributed by atoms with van der Waals surface area (Å²) in [5.74, 6) is 0.691. The second kappa shape index (κ2) is 4.46. The van der Waals surface area contributed by atoms with Crippen molar-refractivity contribution in [3.8, 4) is 11.1 Å². The largest absolute Gasteiger partial charge is 0.298 e. The molecule has 1 aliphatic carbocycles. The topological polar surface area (TPSA) is 3.24 Å². The molecule has 0 aromatic heterocycles. The first-order valence-electron chi connectivity index (χ1n) is 7.71. The molecule has 102 valence electrons. The fourth-order valence-corrected chi connectivity index (χ4v) is 4.12. The molecular weight excluding hydrogens is 242 g/mol. The van der Waals surface area contributed by atoms with Crippen molar-refractivity contribution in [2.75, 3.05) is 13.6 Å². The summed E-state index contributed by atoms with van der Waals surface area (Å²) in [5.41, 5.74) is 7.63. The summed E-state index contributed by atoms with van der Waals surface area (Å²) in [6.45, 7) is 3.51. The van der Waals surface area contributed by atoms with E-state index in [1.807, 2.05) is 0 Å². The maximum atomic E-state index is 2.57. The lowest BCUT2D eigenvalue weighted by Gasteiger charge is -2.43. The molecular formula is C19H21N. The number of rotatable bonds is 1. The molecule has 0 fully saturated rings. The molecule has 0 saturated carbocycles. The Balaban J connectivity index is 2.00. The molecule has 2 unspecified atom stereocenters. The molecule has 2 aromatic carbocycles. The van der Waals surface area contributed by atoms with Gasteiger partial charge in [-0.25, -0.2) is 0 Å². The van der Waals surface area contributed by atoms with E-state index in [1.165, 1.54) is 29.7 Å². The van der Waals surface area contributed by atoms with Gasteiger partial charge in [-0.2, -0.15) is 0 Å². The molecule has 0 spiro atoms. The van der Waals surface area contributed by atoms with Gasteiger partial charge in [0, 0.05) is 12.6 Å². The molecule has 1 aliphatic heterocycles. The van der Waals surface area contributed by atoms with Crippen molar-refractivity contribution in [3.05, 3.63) is 59.2 Å². The lowest BCUT2D eigenvalue weighted by Crippen LogP contribution is -2.37. The van der Waals surface area contributed by atoms with Crippen LogP contribution < -0.4 is 0 Å². The lowest BCUT2D eigenvalue weighted by molar-refractivity contribution is 0.204. The van der Waals surface area contributed by atoms with Gasteiger partial charge in [-0.15, -0.1) is 0 Å². The number of fused-ring (bicyclic) bond motifs is 2. The van der Waals surface area contributed by atoms with Gasteiger partial charge in [-0.05, 0) is 53.6 Å². The summed E-state index contributed by atoms with van der Waals surface area (Å²) in [6, 6.07) is 16.4. The van der Waals surface area contributed by atoms with Gasteiger partial charge in [0.1, 0.15) is 0 Å². The number of likely N-dealkylation sites (N-methyl/N-ethyl adjacent to an activating group) is 1. The van der Waals surface area contributed by atoms with Gasteiger partial charge in [0.15, 0.2) is 0 Å². The number of benzene rings is 2. The van der Waals surface area contributed by atoms with Gasteiger partial charge in [-0.3, -0.25) is 4.90 Å². The van der Waals surface area contributed by atoms with Crippen LogP contribution in [0, 0.1) is 0 Å². The Morgan fingerprint density at radius 3 is 2.70 bits per heavy atom. The predicted octanol–water partition coefficient (Wildman–Crippen LogP) is 4.39. The first kappa shape index (κ1) is 12.2. The average Bonchev–Trinajstić information content (AvgIpc) is 2.50. The van der Waals surface area contributed by atoms with Crippen molar-refractivity contribution in [1.82, 2.24) is 4.90 Å². The minimum atomic E-state index is 0.568. The average molecular weight is 263 g/mol. The van der Waals surface area contributed by atoms with E-state index in [2.05, 4.69) is 61.3 Å². The first-order valence-corrected chi connectivity index (χ1v) is 7.71. The van der Waals surface area contributed by atoms with E-state index in [9.17, 15) is 0 Å². The Labute approximate surface area is 121 Å². The second-order valence-electron chi connectivity index (χ2n) is 6.23. The SMILES string of the molecule is CCC1CN(C)C2Cc3ccccc3-c3cccc1c32. The van der Waals surface area contributed by atoms with E-state index < -0.39 is 0 Å². The zero-order chi connectivity index (χ0) is 13.7. The van der Waals surface area contributed by atoms with Crippen LogP contribution in [-0.4, -0.2) is 18.5 Å². The highest BCUT2D eigenvalue weighted by Gasteiger charge is 2.35. The molecule has 2 aliphatic rings. The van der Waals surface area contributed by atoms with Gasteiger partial charge in [0.2, 0.25) is 0 Å². The molecule has 2 aromatic rings. The van der Waals surface area contributed by atoms with Gasteiger partial charge in [-0.1, -0.05) is 49.4 Å². The van der Waals surface area contributed by atoms with Gasteiger partial charge in [0.25, 0.3) is 0 Å². The molecule has 0 radical (unpaired) electrons. The fourth-order valence-electron chi connectivity index (χ4n) is 4.12. The van der Waals surface area contributed by atoms with Crippen LogP contribution in [-0.2, 0) is 6.42 Å². The van der Waals surface area contributed by atoms with Gasteiger partial charge < -0.3 is 0 Å². The van der Waals surface area contributed by atoms with Crippen LogP contribution in [0.4, 0.5) is 0 Å². The summed E-state index contributed by atoms with van der Waals surface area (Å²) in [4.78, 5) is 2.57. The van der Waals surface area contributed by atoms with E-state index in [4.69, 9.17) is 0 Å². The standard InChI is InChI=1S/C19H21N/c1-3-13-12-20(2)18-11-14-7-4-5-8-15(14)17-10-6-9-16(13)19(17)18/h4-10,13,18H,3,11-12H2,1-2H3. The van der Waals surface area contributed by atoms with Crippen molar-refractivity contribution < 1.29 is 0 Å². The summed E-state index contributed by atoms with van der Waals surface area (Å²) < 4.78 is 0. The van der Waals surface area contributed by atoms with Crippen LogP contribution in [0.3, 0.4) is 0 Å². The summed E-state index contributed by atoms with van der Waals surface area (Å²) in [7, 11) is 2.29. The van der Waals surface area contributed by atoms with Crippen LogP contribution in [0.1, 0.15) is 42.0 Å². The zero-order valence-electron chi connectivity index (χ0n) is 12.3. The van der Waals surface area contributed by atoms with Crippen molar-refractivity contribution in [2.45, 2.75) is 31.7 Å². The normalized spacial score (nSPS) is 24.1. The maximum absolute atomic E-state index is 2.57. The van der Waals surface area contributed by atoms with E-state index in [1.54, 1.807) is 11.1 Å². The van der Waals surface area contributed by atoms with Crippen molar-refractivity contribution in [1.29, 1.82) is 0 Å². The zero-order valence-corrected chi connectivity index (χ0v) is 12.3. The number of nitrogens with zero attached hydrogens (tertiary/aromatic N) is 1. The van der Waals surface area contributed by atoms with E-state index in [0.29, 0.717) is 12.0 Å². The molecule has 0 amide bonds. The van der Waals surface area contributed by atoms with Crippen molar-refractivity contribution in [2.24, 2.45) is 0 Å². The fraction of sp³-hybridized carbons (Fsp3) is 0.368.